The van der Waals surface area contributed by atoms with E-state index in [1.54, 1.807) is 48.5 Å². The summed E-state index contributed by atoms with van der Waals surface area (Å²) in [5, 5.41) is 9.77. The Kier molecular flexibility index (Phi) is 4.99. The molecule has 2 aromatic carbocycles. The SMILES string of the molecule is C=Cc1ccccc1N(Cc1ccc(C#N)cc1)S(=O)(=O)C=C. The van der Waals surface area contributed by atoms with Crippen LogP contribution in [0.5, 0.6) is 0 Å². The van der Waals surface area contributed by atoms with Gasteiger partial charge in [0.05, 0.1) is 23.9 Å². The normalized spacial score (nSPS) is 10.6. The highest BCUT2D eigenvalue weighted by molar-refractivity contribution is 7.95. The van der Waals surface area contributed by atoms with Gasteiger partial charge in [-0.15, -0.1) is 0 Å². The zero-order chi connectivity index (χ0) is 16.9. The molecule has 0 radical (unpaired) electrons. The van der Waals surface area contributed by atoms with Gasteiger partial charge < -0.3 is 0 Å². The first-order chi connectivity index (χ1) is 11.0. The van der Waals surface area contributed by atoms with Crippen LogP contribution < -0.4 is 4.31 Å². The number of hydrogen-bond donors (Lipinski definition) is 0. The van der Waals surface area contributed by atoms with Gasteiger partial charge in [0.15, 0.2) is 0 Å². The molecule has 0 saturated carbocycles. The van der Waals surface area contributed by atoms with Gasteiger partial charge in [-0.1, -0.05) is 49.6 Å². The minimum absolute atomic E-state index is 0.144. The molecule has 0 aromatic heterocycles. The highest BCUT2D eigenvalue weighted by Crippen LogP contribution is 2.26. The number of sulfonamides is 1. The van der Waals surface area contributed by atoms with Gasteiger partial charge in [0.2, 0.25) is 0 Å². The number of para-hydroxylation sites is 1. The molecule has 23 heavy (non-hydrogen) atoms. The molecule has 0 aliphatic heterocycles. The van der Waals surface area contributed by atoms with Crippen LogP contribution in [-0.4, -0.2) is 8.42 Å². The van der Waals surface area contributed by atoms with E-state index in [0.29, 0.717) is 16.8 Å². The molecular formula is C18H16N2O2S. The molecule has 0 amide bonds. The Morgan fingerprint density at radius 3 is 2.30 bits per heavy atom. The van der Waals surface area contributed by atoms with Crippen molar-refractivity contribution in [2.75, 3.05) is 4.31 Å². The Labute approximate surface area is 136 Å². The van der Waals surface area contributed by atoms with Crippen molar-refractivity contribution in [3.8, 4) is 6.07 Å². The molecule has 0 N–H and O–H groups in total. The minimum atomic E-state index is -3.68. The fourth-order valence-corrected chi connectivity index (χ4v) is 3.09. The Balaban J connectivity index is 2.49. The molecule has 0 atom stereocenters. The van der Waals surface area contributed by atoms with Gasteiger partial charge in [0.1, 0.15) is 0 Å². The minimum Gasteiger partial charge on any atom is -0.262 e. The number of rotatable bonds is 6. The van der Waals surface area contributed by atoms with Crippen LogP contribution in [0.25, 0.3) is 6.08 Å². The van der Waals surface area contributed by atoms with Crippen LogP contribution in [0.1, 0.15) is 16.7 Å². The lowest BCUT2D eigenvalue weighted by molar-refractivity contribution is 0.599. The van der Waals surface area contributed by atoms with Crippen LogP contribution in [0.3, 0.4) is 0 Å². The summed E-state index contributed by atoms with van der Waals surface area (Å²) < 4.78 is 26.1. The van der Waals surface area contributed by atoms with E-state index in [4.69, 9.17) is 5.26 Å². The summed E-state index contributed by atoms with van der Waals surface area (Å²) in [5.74, 6) is 0. The highest BCUT2D eigenvalue weighted by atomic mass is 32.2. The zero-order valence-electron chi connectivity index (χ0n) is 12.5. The van der Waals surface area contributed by atoms with Crippen LogP contribution in [0.4, 0.5) is 5.69 Å². The fourth-order valence-electron chi connectivity index (χ4n) is 2.14. The maximum atomic E-state index is 12.4. The van der Waals surface area contributed by atoms with Crippen molar-refractivity contribution >= 4 is 21.8 Å². The third-order valence-electron chi connectivity index (χ3n) is 3.35. The van der Waals surface area contributed by atoms with E-state index in [0.717, 1.165) is 11.0 Å². The van der Waals surface area contributed by atoms with Gasteiger partial charge in [0.25, 0.3) is 10.0 Å². The van der Waals surface area contributed by atoms with E-state index in [1.165, 1.54) is 4.31 Å². The first kappa shape index (κ1) is 16.5. The molecule has 0 heterocycles. The lowest BCUT2D eigenvalue weighted by Crippen LogP contribution is -2.29. The molecule has 0 bridgehead atoms. The Morgan fingerprint density at radius 1 is 1.09 bits per heavy atom. The maximum absolute atomic E-state index is 12.4. The van der Waals surface area contributed by atoms with Crippen molar-refractivity contribution in [1.82, 2.24) is 0 Å². The van der Waals surface area contributed by atoms with Crippen molar-refractivity contribution in [2.24, 2.45) is 0 Å². The molecule has 0 unspecified atom stereocenters. The largest absolute Gasteiger partial charge is 0.262 e. The van der Waals surface area contributed by atoms with Crippen molar-refractivity contribution in [2.45, 2.75) is 6.54 Å². The summed E-state index contributed by atoms with van der Waals surface area (Å²) in [5.41, 5.74) is 2.55. The summed E-state index contributed by atoms with van der Waals surface area (Å²) in [6.45, 7) is 7.28. The quantitative estimate of drug-likeness (QED) is 0.814. The second-order valence-corrected chi connectivity index (χ2v) is 6.59. The van der Waals surface area contributed by atoms with Crippen molar-refractivity contribution in [3.63, 3.8) is 0 Å². The molecule has 0 aliphatic carbocycles. The Bertz CT molecular complexity index is 863. The second-order valence-electron chi connectivity index (χ2n) is 4.79. The van der Waals surface area contributed by atoms with Crippen LogP contribution >= 0.6 is 0 Å². The van der Waals surface area contributed by atoms with Gasteiger partial charge >= 0.3 is 0 Å². The lowest BCUT2D eigenvalue weighted by atomic mass is 10.1. The number of hydrogen-bond acceptors (Lipinski definition) is 3. The van der Waals surface area contributed by atoms with E-state index in [-0.39, 0.29) is 6.54 Å². The summed E-state index contributed by atoms with van der Waals surface area (Å²) >= 11 is 0. The van der Waals surface area contributed by atoms with Gasteiger partial charge in [-0.2, -0.15) is 5.26 Å². The average Bonchev–Trinajstić information content (AvgIpc) is 2.60. The van der Waals surface area contributed by atoms with E-state index < -0.39 is 10.0 Å². The van der Waals surface area contributed by atoms with Crippen LogP contribution in [0.2, 0.25) is 0 Å². The molecule has 2 aromatic rings. The average molecular weight is 324 g/mol. The van der Waals surface area contributed by atoms with Crippen molar-refractivity contribution in [1.29, 1.82) is 5.26 Å². The predicted octanol–water partition coefficient (Wildman–Crippen LogP) is 3.68. The fraction of sp³-hybridized carbons (Fsp3) is 0.0556. The van der Waals surface area contributed by atoms with E-state index >= 15 is 0 Å². The van der Waals surface area contributed by atoms with Gasteiger partial charge in [-0.3, -0.25) is 4.31 Å². The smallest absolute Gasteiger partial charge is 0.257 e. The maximum Gasteiger partial charge on any atom is 0.257 e. The third kappa shape index (κ3) is 3.68. The van der Waals surface area contributed by atoms with Gasteiger partial charge in [0, 0.05) is 5.41 Å². The number of benzene rings is 2. The van der Waals surface area contributed by atoms with Crippen LogP contribution in [-0.2, 0) is 16.6 Å². The molecule has 5 heteroatoms. The summed E-state index contributed by atoms with van der Waals surface area (Å²) in [4.78, 5) is 0. The summed E-state index contributed by atoms with van der Waals surface area (Å²) in [7, 11) is -3.68. The molecular weight excluding hydrogens is 308 g/mol. The van der Waals surface area contributed by atoms with E-state index in [9.17, 15) is 8.42 Å². The van der Waals surface area contributed by atoms with E-state index in [2.05, 4.69) is 13.2 Å². The van der Waals surface area contributed by atoms with E-state index in [1.807, 2.05) is 12.1 Å². The molecule has 0 saturated heterocycles. The zero-order valence-corrected chi connectivity index (χ0v) is 13.3. The molecule has 116 valence electrons. The second kappa shape index (κ2) is 6.95. The predicted molar refractivity (Wildman–Crippen MR) is 93.0 cm³/mol. The summed E-state index contributed by atoms with van der Waals surface area (Å²) in [6.07, 6.45) is 1.61. The third-order valence-corrected chi connectivity index (χ3v) is 4.71. The number of anilines is 1. The highest BCUT2D eigenvalue weighted by Gasteiger charge is 2.21. The van der Waals surface area contributed by atoms with Crippen molar-refractivity contribution in [3.05, 3.63) is 83.8 Å². The topological polar surface area (TPSA) is 61.2 Å². The number of nitrogens with zero attached hydrogens (tertiary/aromatic N) is 2. The number of nitriles is 1. The molecule has 0 aliphatic rings. The van der Waals surface area contributed by atoms with Crippen molar-refractivity contribution < 1.29 is 8.42 Å². The molecule has 4 nitrogen and oxygen atoms in total. The molecule has 2 rings (SSSR count). The van der Waals surface area contributed by atoms with Crippen LogP contribution in [0, 0.1) is 11.3 Å². The Morgan fingerprint density at radius 2 is 1.74 bits per heavy atom. The molecule has 0 fully saturated rings. The monoisotopic (exact) mass is 324 g/mol. The Hall–Kier alpha value is -2.84. The first-order valence-electron chi connectivity index (χ1n) is 6.87. The summed E-state index contributed by atoms with van der Waals surface area (Å²) in [6, 6.07) is 15.9. The van der Waals surface area contributed by atoms with Gasteiger partial charge in [-0.25, -0.2) is 8.42 Å². The lowest BCUT2D eigenvalue weighted by Gasteiger charge is -2.24. The van der Waals surface area contributed by atoms with Crippen LogP contribution in [0.15, 0.2) is 67.1 Å². The molecule has 0 spiro atoms. The standard InChI is InChI=1S/C18H16N2O2S/c1-3-17-7-5-6-8-18(17)20(23(21,22)4-2)14-16-11-9-15(13-19)10-12-16/h3-12H,1-2,14H2. The first-order valence-corrected chi connectivity index (χ1v) is 8.38. The van der Waals surface area contributed by atoms with Gasteiger partial charge in [-0.05, 0) is 29.3 Å².